The number of nitrogens with zero attached hydrogens (tertiary/aromatic N) is 3. The molecule has 0 aliphatic heterocycles. The summed E-state index contributed by atoms with van der Waals surface area (Å²) < 4.78 is 7.10. The van der Waals surface area contributed by atoms with Gasteiger partial charge >= 0.3 is 0 Å². The van der Waals surface area contributed by atoms with E-state index in [2.05, 4.69) is 10.3 Å². The Morgan fingerprint density at radius 1 is 1.44 bits per heavy atom. The maximum atomic E-state index is 8.58. The molecule has 6 nitrogen and oxygen atoms in total. The quantitative estimate of drug-likeness (QED) is 0.619. The van der Waals surface area contributed by atoms with Gasteiger partial charge in [-0.15, -0.1) is 5.10 Å². The molecule has 90 valence electrons. The molecular weight excluding hydrogens is 208 g/mol. The molecule has 0 bridgehead atoms. The second-order valence-corrected chi connectivity index (χ2v) is 3.96. The number of aliphatic hydroxyl groups is 1. The minimum absolute atomic E-state index is 0.0564. The Morgan fingerprint density at radius 3 is 2.88 bits per heavy atom. The first-order valence-corrected chi connectivity index (χ1v) is 5.67. The van der Waals surface area contributed by atoms with Crippen molar-refractivity contribution in [3.8, 4) is 0 Å². The fraction of sp³-hybridized carbons (Fsp3) is 0.800. The van der Waals surface area contributed by atoms with E-state index in [1.54, 1.807) is 0 Å². The van der Waals surface area contributed by atoms with Crippen molar-refractivity contribution >= 4 is 0 Å². The van der Waals surface area contributed by atoms with Gasteiger partial charge in [-0.2, -0.15) is 0 Å². The van der Waals surface area contributed by atoms with Crippen molar-refractivity contribution in [2.45, 2.75) is 31.8 Å². The van der Waals surface area contributed by atoms with Gasteiger partial charge in [0.2, 0.25) is 0 Å². The Bertz CT molecular complexity index is 336. The molecular formula is C10H18N4O2. The van der Waals surface area contributed by atoms with Crippen LogP contribution in [-0.2, 0) is 17.8 Å². The molecule has 1 heterocycles. The summed E-state index contributed by atoms with van der Waals surface area (Å²) in [7, 11) is 0. The van der Waals surface area contributed by atoms with Gasteiger partial charge in [-0.1, -0.05) is 5.21 Å². The number of hydrogen-bond donors (Lipinski definition) is 2. The predicted molar refractivity (Wildman–Crippen MR) is 57.8 cm³/mol. The van der Waals surface area contributed by atoms with Gasteiger partial charge in [-0.25, -0.2) is 4.68 Å². The Balaban J connectivity index is 1.94. The van der Waals surface area contributed by atoms with Crippen molar-refractivity contribution in [2.75, 3.05) is 19.8 Å². The number of nitrogens with two attached hydrogens (primary N) is 1. The van der Waals surface area contributed by atoms with Crippen LogP contribution in [0.25, 0.3) is 0 Å². The zero-order valence-electron chi connectivity index (χ0n) is 9.30. The fourth-order valence-electron chi connectivity index (χ4n) is 1.79. The molecule has 1 aromatic rings. The molecule has 1 aliphatic carbocycles. The van der Waals surface area contributed by atoms with Gasteiger partial charge in [-0.05, 0) is 12.8 Å². The summed E-state index contributed by atoms with van der Waals surface area (Å²) in [5.74, 6) is 0.589. The smallest absolute Gasteiger partial charge is 0.0997 e. The van der Waals surface area contributed by atoms with Crippen LogP contribution in [0.1, 0.15) is 30.1 Å². The topological polar surface area (TPSA) is 86.2 Å². The summed E-state index contributed by atoms with van der Waals surface area (Å²) in [4.78, 5) is 0. The highest BCUT2D eigenvalue weighted by Crippen LogP contribution is 2.40. The molecule has 1 fully saturated rings. The first-order chi connectivity index (χ1) is 7.86. The molecule has 16 heavy (non-hydrogen) atoms. The van der Waals surface area contributed by atoms with Gasteiger partial charge in [0.1, 0.15) is 0 Å². The first-order valence-electron chi connectivity index (χ1n) is 5.67. The monoisotopic (exact) mass is 226 g/mol. The molecule has 3 N–H and O–H groups in total. The number of aromatic nitrogens is 3. The Hall–Kier alpha value is -0.980. The Kier molecular flexibility index (Phi) is 3.87. The summed E-state index contributed by atoms with van der Waals surface area (Å²) >= 11 is 0. The number of aliphatic hydroxyl groups excluding tert-OH is 1. The normalized spacial score (nSPS) is 15.6. The number of ether oxygens (including phenoxy) is 1. The van der Waals surface area contributed by atoms with Crippen LogP contribution in [0.2, 0.25) is 0 Å². The first kappa shape index (κ1) is 11.5. The maximum Gasteiger partial charge on any atom is 0.0997 e. The minimum Gasteiger partial charge on any atom is -0.394 e. The lowest BCUT2D eigenvalue weighted by Crippen LogP contribution is -2.12. The summed E-state index contributed by atoms with van der Waals surface area (Å²) in [6.45, 7) is 2.11. The third kappa shape index (κ3) is 2.58. The highest BCUT2D eigenvalue weighted by Gasteiger charge is 2.30. The molecule has 1 aromatic heterocycles. The van der Waals surface area contributed by atoms with Crippen LogP contribution in [0.5, 0.6) is 0 Å². The van der Waals surface area contributed by atoms with Crippen LogP contribution in [-0.4, -0.2) is 39.9 Å². The molecule has 0 aromatic carbocycles. The van der Waals surface area contributed by atoms with E-state index in [0.717, 1.165) is 5.69 Å². The van der Waals surface area contributed by atoms with Crippen molar-refractivity contribution in [3.05, 3.63) is 11.4 Å². The largest absolute Gasteiger partial charge is 0.394 e. The van der Waals surface area contributed by atoms with Crippen molar-refractivity contribution in [3.63, 3.8) is 0 Å². The third-order valence-electron chi connectivity index (χ3n) is 2.69. The molecule has 2 rings (SSSR count). The summed E-state index contributed by atoms with van der Waals surface area (Å²) in [6, 6.07) is 0. The van der Waals surface area contributed by atoms with E-state index >= 15 is 0 Å². The van der Waals surface area contributed by atoms with Gasteiger partial charge in [0.25, 0.3) is 0 Å². The van der Waals surface area contributed by atoms with E-state index in [-0.39, 0.29) is 6.61 Å². The van der Waals surface area contributed by atoms with Crippen molar-refractivity contribution < 1.29 is 9.84 Å². The highest BCUT2D eigenvalue weighted by molar-refractivity contribution is 5.20. The van der Waals surface area contributed by atoms with Gasteiger partial charge in [0.15, 0.2) is 0 Å². The third-order valence-corrected chi connectivity index (χ3v) is 2.69. The Morgan fingerprint density at radius 2 is 2.25 bits per heavy atom. The van der Waals surface area contributed by atoms with E-state index < -0.39 is 0 Å². The maximum absolute atomic E-state index is 8.58. The molecule has 0 atom stereocenters. The minimum atomic E-state index is 0.0564. The molecule has 0 radical (unpaired) electrons. The van der Waals surface area contributed by atoms with Crippen LogP contribution in [0.15, 0.2) is 0 Å². The molecule has 1 aliphatic rings. The predicted octanol–water partition coefficient (Wildman–Crippen LogP) is -0.377. The van der Waals surface area contributed by atoms with E-state index in [1.807, 2.05) is 4.68 Å². The summed E-state index contributed by atoms with van der Waals surface area (Å²) in [5, 5.41) is 16.7. The number of rotatable bonds is 7. The lowest BCUT2D eigenvalue weighted by molar-refractivity contribution is 0.0847. The van der Waals surface area contributed by atoms with Crippen LogP contribution in [0.3, 0.4) is 0 Å². The lowest BCUT2D eigenvalue weighted by Gasteiger charge is -2.06. The van der Waals surface area contributed by atoms with Gasteiger partial charge in [0.05, 0.1) is 37.8 Å². The van der Waals surface area contributed by atoms with Crippen molar-refractivity contribution in [1.29, 1.82) is 0 Å². The van der Waals surface area contributed by atoms with E-state index in [0.29, 0.717) is 32.2 Å². The molecule has 1 saturated carbocycles. The molecule has 6 heteroatoms. The van der Waals surface area contributed by atoms with Gasteiger partial charge < -0.3 is 15.6 Å². The molecule has 0 amide bonds. The zero-order valence-corrected chi connectivity index (χ0v) is 9.30. The van der Waals surface area contributed by atoms with E-state index in [4.69, 9.17) is 15.6 Å². The fourth-order valence-corrected chi connectivity index (χ4v) is 1.79. The SMILES string of the molecule is NCc1nnn(CCOCCO)c1C1CC1. The van der Waals surface area contributed by atoms with Gasteiger partial charge in [-0.3, -0.25) is 0 Å². The molecule has 0 saturated heterocycles. The zero-order chi connectivity index (χ0) is 11.4. The summed E-state index contributed by atoms with van der Waals surface area (Å²) in [6.07, 6.45) is 2.41. The van der Waals surface area contributed by atoms with E-state index in [9.17, 15) is 0 Å². The van der Waals surface area contributed by atoms with Crippen molar-refractivity contribution in [2.24, 2.45) is 5.73 Å². The summed E-state index contributed by atoms with van der Waals surface area (Å²) in [5.41, 5.74) is 7.71. The highest BCUT2D eigenvalue weighted by atomic mass is 16.5. The van der Waals surface area contributed by atoms with Crippen LogP contribution < -0.4 is 5.73 Å². The van der Waals surface area contributed by atoms with Crippen LogP contribution >= 0.6 is 0 Å². The second-order valence-electron chi connectivity index (χ2n) is 3.96. The van der Waals surface area contributed by atoms with Crippen LogP contribution in [0, 0.1) is 0 Å². The molecule has 0 unspecified atom stereocenters. The second kappa shape index (κ2) is 5.38. The van der Waals surface area contributed by atoms with Crippen LogP contribution in [0.4, 0.5) is 0 Å². The average molecular weight is 226 g/mol. The molecule has 0 spiro atoms. The van der Waals surface area contributed by atoms with E-state index in [1.165, 1.54) is 18.5 Å². The average Bonchev–Trinajstić information content (AvgIpc) is 3.06. The van der Waals surface area contributed by atoms with Gasteiger partial charge in [0, 0.05) is 12.5 Å². The van der Waals surface area contributed by atoms with Crippen molar-refractivity contribution in [1.82, 2.24) is 15.0 Å². The number of hydrogen-bond acceptors (Lipinski definition) is 5. The standard InChI is InChI=1S/C10H18N4O2/c11-7-9-10(8-1-2-8)14(13-12-9)3-5-16-6-4-15/h8,15H,1-7,11H2. The Labute approximate surface area is 94.4 Å². The lowest BCUT2D eigenvalue weighted by atomic mass is 10.2.